The molecule has 1 aliphatic rings. The SMILES string of the molecule is CC(OC(=O)Cc1ccc2ccccc2c1)C(=O)Nc1ccc(N2CCOCC2)cc1. The molecule has 0 bridgehead atoms. The standard InChI is InChI=1S/C25H26N2O4/c1-18(31-24(28)17-19-6-7-20-4-2-3-5-21(20)16-19)25(29)26-22-8-10-23(11-9-22)27-12-14-30-15-13-27/h2-11,16,18H,12-15,17H2,1H3,(H,26,29). The number of nitrogens with zero attached hydrogens (tertiary/aromatic N) is 1. The van der Waals surface area contributed by atoms with Crippen LogP contribution in [0.4, 0.5) is 11.4 Å². The molecule has 0 aliphatic carbocycles. The summed E-state index contributed by atoms with van der Waals surface area (Å²) in [6, 6.07) is 21.5. The molecule has 6 heteroatoms. The Balaban J connectivity index is 1.29. The molecule has 31 heavy (non-hydrogen) atoms. The largest absolute Gasteiger partial charge is 0.452 e. The summed E-state index contributed by atoms with van der Waals surface area (Å²) in [5.41, 5.74) is 2.62. The maximum Gasteiger partial charge on any atom is 0.311 e. The molecule has 1 aliphatic heterocycles. The molecule has 0 saturated carbocycles. The van der Waals surface area contributed by atoms with Gasteiger partial charge in [0.05, 0.1) is 19.6 Å². The van der Waals surface area contributed by atoms with Gasteiger partial charge >= 0.3 is 5.97 Å². The number of hydrogen-bond acceptors (Lipinski definition) is 5. The molecule has 0 spiro atoms. The van der Waals surface area contributed by atoms with Crippen LogP contribution in [0.1, 0.15) is 12.5 Å². The van der Waals surface area contributed by atoms with Gasteiger partial charge in [-0.05, 0) is 47.5 Å². The van der Waals surface area contributed by atoms with Crippen LogP contribution in [0.15, 0.2) is 66.7 Å². The first-order valence-corrected chi connectivity index (χ1v) is 10.5. The van der Waals surface area contributed by atoms with E-state index in [9.17, 15) is 9.59 Å². The Kier molecular flexibility index (Phi) is 6.48. The first-order chi connectivity index (χ1) is 15.1. The van der Waals surface area contributed by atoms with Gasteiger partial charge in [-0.1, -0.05) is 42.5 Å². The Bertz CT molecular complexity index is 1060. The van der Waals surface area contributed by atoms with Crippen LogP contribution in [-0.2, 0) is 25.5 Å². The Hall–Kier alpha value is -3.38. The van der Waals surface area contributed by atoms with Gasteiger partial charge in [-0.2, -0.15) is 0 Å². The maximum absolute atomic E-state index is 12.4. The number of benzene rings is 3. The first-order valence-electron chi connectivity index (χ1n) is 10.5. The lowest BCUT2D eigenvalue weighted by Crippen LogP contribution is -2.36. The van der Waals surface area contributed by atoms with E-state index in [-0.39, 0.29) is 12.3 Å². The van der Waals surface area contributed by atoms with Crippen molar-refractivity contribution in [1.29, 1.82) is 0 Å². The van der Waals surface area contributed by atoms with Crippen LogP contribution >= 0.6 is 0 Å². The van der Waals surface area contributed by atoms with Crippen LogP contribution < -0.4 is 10.2 Å². The van der Waals surface area contributed by atoms with Gasteiger partial charge in [-0.15, -0.1) is 0 Å². The van der Waals surface area contributed by atoms with Crippen molar-refractivity contribution in [3.05, 3.63) is 72.3 Å². The molecule has 1 atom stereocenters. The highest BCUT2D eigenvalue weighted by Crippen LogP contribution is 2.20. The molecular formula is C25H26N2O4. The smallest absolute Gasteiger partial charge is 0.311 e. The minimum atomic E-state index is -0.883. The molecule has 0 aromatic heterocycles. The summed E-state index contributed by atoms with van der Waals surface area (Å²) in [7, 11) is 0. The number of fused-ring (bicyclic) bond motifs is 1. The fourth-order valence-corrected chi connectivity index (χ4v) is 3.63. The Morgan fingerprint density at radius 1 is 1.00 bits per heavy atom. The number of esters is 1. The van der Waals surface area contributed by atoms with E-state index in [2.05, 4.69) is 10.2 Å². The minimum absolute atomic E-state index is 0.122. The molecule has 160 valence electrons. The first kappa shape index (κ1) is 20.9. The topological polar surface area (TPSA) is 67.9 Å². The summed E-state index contributed by atoms with van der Waals surface area (Å²) in [6.45, 7) is 4.74. The zero-order valence-corrected chi connectivity index (χ0v) is 17.5. The van der Waals surface area contributed by atoms with Crippen molar-refractivity contribution in [3.63, 3.8) is 0 Å². The van der Waals surface area contributed by atoms with Crippen LogP contribution in [0.25, 0.3) is 10.8 Å². The number of ether oxygens (including phenoxy) is 2. The molecule has 3 aromatic carbocycles. The Labute approximate surface area is 181 Å². The number of nitrogens with one attached hydrogen (secondary N) is 1. The van der Waals surface area contributed by atoms with Crippen LogP contribution in [0.3, 0.4) is 0 Å². The summed E-state index contributed by atoms with van der Waals surface area (Å²) >= 11 is 0. The highest BCUT2D eigenvalue weighted by atomic mass is 16.5. The zero-order valence-electron chi connectivity index (χ0n) is 17.5. The summed E-state index contributed by atoms with van der Waals surface area (Å²) in [5, 5.41) is 4.99. The second-order valence-corrected chi connectivity index (χ2v) is 7.63. The van der Waals surface area contributed by atoms with E-state index >= 15 is 0 Å². The predicted octanol–water partition coefficient (Wildman–Crippen LogP) is 3.79. The van der Waals surface area contributed by atoms with Gasteiger partial charge in [0, 0.05) is 24.5 Å². The van der Waals surface area contributed by atoms with Crippen LogP contribution in [0, 0.1) is 0 Å². The van der Waals surface area contributed by atoms with E-state index in [1.807, 2.05) is 66.7 Å². The number of carbonyl (C=O) groups is 2. The fraction of sp³-hybridized carbons (Fsp3) is 0.280. The molecule has 4 rings (SSSR count). The van der Waals surface area contributed by atoms with Crippen molar-refractivity contribution >= 4 is 34.0 Å². The number of morpholine rings is 1. The van der Waals surface area contributed by atoms with Crippen molar-refractivity contribution in [3.8, 4) is 0 Å². The second kappa shape index (κ2) is 9.62. The average Bonchev–Trinajstić information content (AvgIpc) is 2.80. The number of amides is 1. The summed E-state index contributed by atoms with van der Waals surface area (Å²) in [5.74, 6) is -0.786. The number of anilines is 2. The van der Waals surface area contributed by atoms with Crippen molar-refractivity contribution in [2.75, 3.05) is 36.5 Å². The lowest BCUT2D eigenvalue weighted by Gasteiger charge is -2.28. The minimum Gasteiger partial charge on any atom is -0.452 e. The number of carbonyl (C=O) groups excluding carboxylic acids is 2. The van der Waals surface area contributed by atoms with Crippen molar-refractivity contribution in [2.45, 2.75) is 19.4 Å². The highest BCUT2D eigenvalue weighted by molar-refractivity contribution is 5.95. The van der Waals surface area contributed by atoms with Gasteiger partial charge in [0.15, 0.2) is 6.10 Å². The molecule has 6 nitrogen and oxygen atoms in total. The van der Waals surface area contributed by atoms with E-state index in [1.54, 1.807) is 6.92 Å². The lowest BCUT2D eigenvalue weighted by atomic mass is 10.1. The Morgan fingerprint density at radius 3 is 2.45 bits per heavy atom. The van der Waals surface area contributed by atoms with E-state index in [0.717, 1.165) is 48.3 Å². The molecule has 1 N–H and O–H groups in total. The van der Waals surface area contributed by atoms with Gasteiger partial charge in [-0.3, -0.25) is 9.59 Å². The third-order valence-electron chi connectivity index (χ3n) is 5.35. The third kappa shape index (κ3) is 5.41. The average molecular weight is 418 g/mol. The summed E-state index contributed by atoms with van der Waals surface area (Å²) in [4.78, 5) is 27.0. The molecule has 1 saturated heterocycles. The predicted molar refractivity (Wildman–Crippen MR) is 121 cm³/mol. The van der Waals surface area contributed by atoms with Gasteiger partial charge in [0.1, 0.15) is 0 Å². The summed E-state index contributed by atoms with van der Waals surface area (Å²) in [6.07, 6.45) is -0.761. The molecular weight excluding hydrogens is 392 g/mol. The van der Waals surface area contributed by atoms with Gasteiger partial charge < -0.3 is 19.7 Å². The lowest BCUT2D eigenvalue weighted by molar-refractivity contribution is -0.152. The maximum atomic E-state index is 12.4. The van der Waals surface area contributed by atoms with Crippen molar-refractivity contribution in [2.24, 2.45) is 0 Å². The van der Waals surface area contributed by atoms with E-state index in [0.29, 0.717) is 5.69 Å². The number of rotatable bonds is 6. The van der Waals surface area contributed by atoms with Crippen LogP contribution in [-0.4, -0.2) is 44.3 Å². The molecule has 1 heterocycles. The molecule has 1 unspecified atom stereocenters. The van der Waals surface area contributed by atoms with Gasteiger partial charge in [0.25, 0.3) is 5.91 Å². The summed E-state index contributed by atoms with van der Waals surface area (Å²) < 4.78 is 10.7. The highest BCUT2D eigenvalue weighted by Gasteiger charge is 2.19. The van der Waals surface area contributed by atoms with Crippen LogP contribution in [0.2, 0.25) is 0 Å². The fourth-order valence-electron chi connectivity index (χ4n) is 3.63. The van der Waals surface area contributed by atoms with Gasteiger partial charge in [-0.25, -0.2) is 0 Å². The molecule has 3 aromatic rings. The van der Waals surface area contributed by atoms with Crippen molar-refractivity contribution < 1.29 is 19.1 Å². The molecule has 0 radical (unpaired) electrons. The monoisotopic (exact) mass is 418 g/mol. The molecule has 1 amide bonds. The Morgan fingerprint density at radius 2 is 1.71 bits per heavy atom. The molecule has 1 fully saturated rings. The zero-order chi connectivity index (χ0) is 21.6. The third-order valence-corrected chi connectivity index (χ3v) is 5.35. The van der Waals surface area contributed by atoms with Gasteiger partial charge in [0.2, 0.25) is 0 Å². The van der Waals surface area contributed by atoms with E-state index in [4.69, 9.17) is 9.47 Å². The van der Waals surface area contributed by atoms with Crippen LogP contribution in [0.5, 0.6) is 0 Å². The normalized spacial score (nSPS) is 14.8. The quantitative estimate of drug-likeness (QED) is 0.617. The van der Waals surface area contributed by atoms with Crippen molar-refractivity contribution in [1.82, 2.24) is 0 Å². The van der Waals surface area contributed by atoms with E-state index in [1.165, 1.54) is 0 Å². The number of hydrogen-bond donors (Lipinski definition) is 1. The second-order valence-electron chi connectivity index (χ2n) is 7.63. The van der Waals surface area contributed by atoms with E-state index < -0.39 is 12.1 Å².